The number of rotatable bonds is 2. The Morgan fingerprint density at radius 3 is 1.12 bits per heavy atom. The van der Waals surface area contributed by atoms with Gasteiger partial charge in [0, 0.05) is 6.61 Å². The summed E-state index contributed by atoms with van der Waals surface area (Å²) in [5.74, 6) is 0. The molecule has 108 valence electrons. The monoisotopic (exact) mass is 268 g/mol. The molecule has 0 amide bonds. The van der Waals surface area contributed by atoms with Crippen molar-refractivity contribution in [3.05, 3.63) is 36.4 Å². The van der Waals surface area contributed by atoms with Gasteiger partial charge in [0.15, 0.2) is 6.29 Å². The van der Waals surface area contributed by atoms with E-state index in [9.17, 15) is 0 Å². The van der Waals surface area contributed by atoms with Gasteiger partial charge in [-0.1, -0.05) is 36.4 Å². The summed E-state index contributed by atoms with van der Waals surface area (Å²) in [7, 11) is 0. The lowest BCUT2D eigenvalue weighted by Crippen LogP contribution is -2.04. The Labute approximate surface area is 97.4 Å². The molecule has 0 aliphatic rings. The first-order valence-corrected chi connectivity index (χ1v) is 4.07. The maximum Gasteiger partial charge on any atom is 0.151 e. The van der Waals surface area contributed by atoms with Gasteiger partial charge in [-0.3, -0.25) is 23.5 Å². The summed E-state index contributed by atoms with van der Waals surface area (Å²) in [6, 6.07) is 12.0. The van der Waals surface area contributed by atoms with E-state index in [2.05, 4.69) is 4.74 Å². The molecule has 0 saturated heterocycles. The van der Waals surface area contributed by atoms with Crippen molar-refractivity contribution in [2.45, 2.75) is 20.1 Å². The Morgan fingerprint density at radius 2 is 1.06 bits per heavy atom. The number of benzene rings is 1. The molecule has 17 heavy (non-hydrogen) atoms. The molecule has 0 heterocycles. The molecule has 1 unspecified atom stereocenters. The second kappa shape index (κ2) is 29.3. The Kier molecular flexibility index (Phi) is 62.2. The summed E-state index contributed by atoms with van der Waals surface area (Å²) in [5, 5.41) is 8.33. The van der Waals surface area contributed by atoms with Crippen LogP contribution in [0.25, 0.3) is 0 Å². The largest absolute Gasteiger partial charge is 0.368 e. The summed E-state index contributed by atoms with van der Waals surface area (Å²) in [6.07, 6.45) is -0.602. The second-order valence-electron chi connectivity index (χ2n) is 2.21. The molecule has 0 aromatic heterocycles. The first-order chi connectivity index (χ1) is 5.77. The molecule has 7 heteroatoms. The average molecular weight is 268 g/mol. The standard InChI is InChI=1S/C6H6.C4H10O2.5FH/c1-2-4-6-5-3-1;1-3-6-4(2)5;;;;;/h1-6H;4-5H,3H2,1-2H3;5*1H. The van der Waals surface area contributed by atoms with Gasteiger partial charge < -0.3 is 9.84 Å². The molecule has 1 atom stereocenters. The average Bonchev–Trinajstić information content (AvgIpc) is 2.08. The van der Waals surface area contributed by atoms with Crippen molar-refractivity contribution in [2.75, 3.05) is 6.61 Å². The Hall–Kier alpha value is -1.21. The molecule has 0 aliphatic heterocycles. The number of hydrogen-bond donors (Lipinski definition) is 1. The van der Waals surface area contributed by atoms with Gasteiger partial charge in [-0.2, -0.15) is 0 Å². The normalized spacial score (nSPS) is 7.94. The molecule has 0 fully saturated rings. The first-order valence-electron chi connectivity index (χ1n) is 4.07. The highest BCUT2D eigenvalue weighted by Gasteiger charge is 1.85. The van der Waals surface area contributed by atoms with E-state index in [1.807, 2.05) is 43.3 Å². The van der Waals surface area contributed by atoms with E-state index in [-0.39, 0.29) is 23.5 Å². The van der Waals surface area contributed by atoms with E-state index < -0.39 is 6.29 Å². The molecule has 0 aliphatic carbocycles. The highest BCUT2D eigenvalue weighted by Crippen LogP contribution is 1.80. The summed E-state index contributed by atoms with van der Waals surface area (Å²) < 4.78 is 4.60. The third-order valence-electron chi connectivity index (χ3n) is 1.07. The Bertz CT molecular complexity index is 149. The molecule has 2 nitrogen and oxygen atoms in total. The van der Waals surface area contributed by atoms with E-state index >= 15 is 0 Å². The molecule has 1 aromatic carbocycles. The topological polar surface area (TPSA) is 29.5 Å². The van der Waals surface area contributed by atoms with Crippen molar-refractivity contribution >= 4 is 0 Å². The van der Waals surface area contributed by atoms with Crippen LogP contribution in [0.3, 0.4) is 0 Å². The van der Waals surface area contributed by atoms with Crippen LogP contribution in [0.15, 0.2) is 36.4 Å². The van der Waals surface area contributed by atoms with Crippen LogP contribution in [0.2, 0.25) is 0 Å². The van der Waals surface area contributed by atoms with Gasteiger partial charge in [-0.15, -0.1) is 0 Å². The number of halogens is 5. The number of aliphatic hydroxyl groups excluding tert-OH is 1. The van der Waals surface area contributed by atoms with E-state index in [1.54, 1.807) is 6.92 Å². The lowest BCUT2D eigenvalue weighted by atomic mass is 10.4. The van der Waals surface area contributed by atoms with Crippen molar-refractivity contribution < 1.29 is 33.4 Å². The lowest BCUT2D eigenvalue weighted by molar-refractivity contribution is -0.0800. The molecule has 1 aromatic rings. The van der Waals surface area contributed by atoms with E-state index in [1.165, 1.54) is 0 Å². The Morgan fingerprint density at radius 1 is 0.824 bits per heavy atom. The fourth-order valence-corrected chi connectivity index (χ4v) is 0.626. The van der Waals surface area contributed by atoms with E-state index in [0.29, 0.717) is 6.61 Å². The van der Waals surface area contributed by atoms with Crippen molar-refractivity contribution in [1.82, 2.24) is 0 Å². The van der Waals surface area contributed by atoms with Crippen molar-refractivity contribution in [2.24, 2.45) is 0 Å². The van der Waals surface area contributed by atoms with Crippen molar-refractivity contribution in [1.29, 1.82) is 0 Å². The highest BCUT2D eigenvalue weighted by atomic mass is 19.0. The van der Waals surface area contributed by atoms with Crippen LogP contribution in [0.1, 0.15) is 13.8 Å². The van der Waals surface area contributed by atoms with Crippen molar-refractivity contribution in [3.63, 3.8) is 0 Å². The zero-order valence-electron chi connectivity index (χ0n) is 9.65. The van der Waals surface area contributed by atoms with Gasteiger partial charge in [0.25, 0.3) is 0 Å². The highest BCUT2D eigenvalue weighted by molar-refractivity contribution is 4.99. The molecule has 0 saturated carbocycles. The van der Waals surface area contributed by atoms with Crippen LogP contribution >= 0.6 is 0 Å². The quantitative estimate of drug-likeness (QED) is 0.660. The van der Waals surface area contributed by atoms with Gasteiger partial charge in [-0.25, -0.2) is 0 Å². The molecule has 1 N–H and O–H groups in total. The maximum atomic E-state index is 8.33. The Balaban J connectivity index is -0.0000000275. The van der Waals surface area contributed by atoms with E-state index in [0.717, 1.165) is 0 Å². The van der Waals surface area contributed by atoms with Crippen LogP contribution in [0, 0.1) is 0 Å². The summed E-state index contributed by atoms with van der Waals surface area (Å²) in [5.41, 5.74) is 0. The maximum absolute atomic E-state index is 8.33. The van der Waals surface area contributed by atoms with Crippen LogP contribution in [0.5, 0.6) is 0 Å². The molecular formula is C10H21F5O2. The zero-order chi connectivity index (χ0) is 9.23. The number of aliphatic hydroxyl groups is 1. The number of hydrogen-bond acceptors (Lipinski definition) is 2. The minimum absolute atomic E-state index is 0. The summed E-state index contributed by atoms with van der Waals surface area (Å²) in [4.78, 5) is 0. The third kappa shape index (κ3) is 39.9. The van der Waals surface area contributed by atoms with Crippen LogP contribution in [-0.4, -0.2) is 18.0 Å². The van der Waals surface area contributed by atoms with Gasteiger partial charge in [0.1, 0.15) is 0 Å². The molecule has 0 bridgehead atoms. The summed E-state index contributed by atoms with van der Waals surface area (Å²) in [6.45, 7) is 4.01. The van der Waals surface area contributed by atoms with Crippen molar-refractivity contribution in [3.8, 4) is 0 Å². The van der Waals surface area contributed by atoms with Crippen LogP contribution in [-0.2, 0) is 4.74 Å². The lowest BCUT2D eigenvalue weighted by Gasteiger charge is -1.99. The predicted octanol–water partition coefficient (Wildman–Crippen LogP) is 2.81. The second-order valence-corrected chi connectivity index (χ2v) is 2.21. The minimum atomic E-state index is -0.602. The zero-order valence-corrected chi connectivity index (χ0v) is 9.65. The summed E-state index contributed by atoms with van der Waals surface area (Å²) >= 11 is 0. The minimum Gasteiger partial charge on any atom is -0.368 e. The van der Waals surface area contributed by atoms with E-state index in [4.69, 9.17) is 5.11 Å². The molecular weight excluding hydrogens is 247 g/mol. The van der Waals surface area contributed by atoms with Gasteiger partial charge in [0.05, 0.1) is 0 Å². The van der Waals surface area contributed by atoms with Crippen LogP contribution < -0.4 is 0 Å². The predicted molar refractivity (Wildman–Crippen MR) is 62.3 cm³/mol. The first kappa shape index (κ1) is 36.0. The molecule has 1 rings (SSSR count). The number of ether oxygens (including phenoxy) is 1. The molecule has 0 radical (unpaired) electrons. The van der Waals surface area contributed by atoms with Gasteiger partial charge >= 0.3 is 0 Å². The molecule has 0 spiro atoms. The fourth-order valence-electron chi connectivity index (χ4n) is 0.626. The fraction of sp³-hybridized carbons (Fsp3) is 0.400. The smallest absolute Gasteiger partial charge is 0.151 e. The SMILES string of the molecule is CCOC(C)O.F.F.F.F.F.c1ccccc1. The van der Waals surface area contributed by atoms with Gasteiger partial charge in [-0.05, 0) is 13.8 Å². The van der Waals surface area contributed by atoms with Crippen LogP contribution in [0.4, 0.5) is 23.5 Å². The third-order valence-corrected chi connectivity index (χ3v) is 1.07. The van der Waals surface area contributed by atoms with Gasteiger partial charge in [0.2, 0.25) is 0 Å².